The number of ether oxygens (including phenoxy) is 1. The van der Waals surface area contributed by atoms with E-state index < -0.39 is 6.10 Å². The van der Waals surface area contributed by atoms with E-state index in [2.05, 4.69) is 0 Å². The van der Waals surface area contributed by atoms with Crippen molar-refractivity contribution < 1.29 is 13.9 Å². The molecule has 1 aromatic rings. The van der Waals surface area contributed by atoms with E-state index in [4.69, 9.17) is 4.74 Å². The molecule has 1 atom stereocenters. The first-order chi connectivity index (χ1) is 9.13. The fourth-order valence-electron chi connectivity index (χ4n) is 2.96. The number of benzene rings is 1. The molecule has 0 heterocycles. The summed E-state index contributed by atoms with van der Waals surface area (Å²) < 4.78 is 18.8. The molecule has 3 heteroatoms. The summed E-state index contributed by atoms with van der Waals surface area (Å²) in [5, 5.41) is 0. The Morgan fingerprint density at radius 2 is 2.00 bits per heavy atom. The molecule has 1 aromatic carbocycles. The summed E-state index contributed by atoms with van der Waals surface area (Å²) in [4.78, 5) is 12.6. The quantitative estimate of drug-likeness (QED) is 0.771. The molecule has 1 aliphatic carbocycles. The molecule has 0 spiro atoms. The molecule has 2 rings (SSSR count). The van der Waals surface area contributed by atoms with Crippen LogP contribution in [0.25, 0.3) is 0 Å². The van der Waals surface area contributed by atoms with Crippen LogP contribution in [0, 0.1) is 18.7 Å². The molecule has 2 nitrogen and oxygen atoms in total. The van der Waals surface area contributed by atoms with Gasteiger partial charge in [0.15, 0.2) is 5.78 Å². The second-order valence-corrected chi connectivity index (χ2v) is 5.38. The Kier molecular flexibility index (Phi) is 4.70. The van der Waals surface area contributed by atoms with Gasteiger partial charge in [0, 0.05) is 12.7 Å². The van der Waals surface area contributed by atoms with Crippen LogP contribution in [-0.2, 0) is 4.74 Å². The number of ketones is 1. The van der Waals surface area contributed by atoms with Crippen LogP contribution in [0.4, 0.5) is 4.39 Å². The van der Waals surface area contributed by atoms with E-state index >= 15 is 0 Å². The lowest BCUT2D eigenvalue weighted by molar-refractivity contribution is 0.0313. The smallest absolute Gasteiger partial charge is 0.192 e. The maximum absolute atomic E-state index is 13.3. The van der Waals surface area contributed by atoms with Gasteiger partial charge in [0.1, 0.15) is 11.9 Å². The Morgan fingerprint density at radius 1 is 1.32 bits per heavy atom. The molecule has 0 aromatic heterocycles. The number of halogens is 1. The third kappa shape index (κ3) is 3.21. The van der Waals surface area contributed by atoms with Crippen molar-refractivity contribution in [3.63, 3.8) is 0 Å². The van der Waals surface area contributed by atoms with Crippen LogP contribution in [0.15, 0.2) is 18.2 Å². The first-order valence-corrected chi connectivity index (χ1v) is 6.96. The van der Waals surface area contributed by atoms with Crippen LogP contribution in [-0.4, -0.2) is 19.0 Å². The standard InChI is InChI=1S/C16H21FO2/c1-11-8-9-13(17)10-14(11)15(18)16(19-2)12-6-4-3-5-7-12/h8-10,12,16H,3-7H2,1-2H3. The zero-order chi connectivity index (χ0) is 13.8. The fraction of sp³-hybridized carbons (Fsp3) is 0.562. The summed E-state index contributed by atoms with van der Waals surface area (Å²) in [6.45, 7) is 1.83. The van der Waals surface area contributed by atoms with Crippen molar-refractivity contribution in [2.45, 2.75) is 45.1 Å². The Bertz CT molecular complexity index is 450. The lowest BCUT2D eigenvalue weighted by Gasteiger charge is -2.28. The number of carbonyl (C=O) groups is 1. The third-order valence-corrected chi connectivity index (χ3v) is 4.06. The summed E-state index contributed by atoms with van der Waals surface area (Å²) in [7, 11) is 1.58. The van der Waals surface area contributed by atoms with Crippen molar-refractivity contribution in [3.8, 4) is 0 Å². The van der Waals surface area contributed by atoms with Gasteiger partial charge in [-0.15, -0.1) is 0 Å². The first-order valence-electron chi connectivity index (χ1n) is 6.96. The Morgan fingerprint density at radius 3 is 2.63 bits per heavy atom. The molecule has 1 aliphatic rings. The van der Waals surface area contributed by atoms with Crippen molar-refractivity contribution >= 4 is 5.78 Å². The minimum absolute atomic E-state index is 0.0774. The summed E-state index contributed by atoms with van der Waals surface area (Å²) >= 11 is 0. The molecule has 0 N–H and O–H groups in total. The van der Waals surface area contributed by atoms with Gasteiger partial charge in [0.25, 0.3) is 0 Å². The van der Waals surface area contributed by atoms with Crippen molar-refractivity contribution in [1.82, 2.24) is 0 Å². The van der Waals surface area contributed by atoms with E-state index in [0.29, 0.717) is 5.56 Å². The number of aryl methyl sites for hydroxylation is 1. The number of hydrogen-bond donors (Lipinski definition) is 0. The predicted octanol–water partition coefficient (Wildman–Crippen LogP) is 3.91. The van der Waals surface area contributed by atoms with Crippen LogP contribution in [0.5, 0.6) is 0 Å². The van der Waals surface area contributed by atoms with Gasteiger partial charge in [-0.05, 0) is 43.4 Å². The van der Waals surface area contributed by atoms with Gasteiger partial charge in [0.2, 0.25) is 0 Å². The average molecular weight is 264 g/mol. The van der Waals surface area contributed by atoms with Gasteiger partial charge in [-0.2, -0.15) is 0 Å². The molecule has 19 heavy (non-hydrogen) atoms. The van der Waals surface area contributed by atoms with E-state index in [1.54, 1.807) is 13.2 Å². The van der Waals surface area contributed by atoms with Crippen LogP contribution in [0.1, 0.15) is 48.0 Å². The highest BCUT2D eigenvalue weighted by Gasteiger charge is 2.30. The molecule has 104 valence electrons. The highest BCUT2D eigenvalue weighted by atomic mass is 19.1. The third-order valence-electron chi connectivity index (χ3n) is 4.06. The largest absolute Gasteiger partial charge is 0.373 e. The van der Waals surface area contributed by atoms with Crippen molar-refractivity contribution in [2.75, 3.05) is 7.11 Å². The normalized spacial score (nSPS) is 18.3. The lowest BCUT2D eigenvalue weighted by atomic mass is 9.82. The summed E-state index contributed by atoms with van der Waals surface area (Å²) in [6.07, 6.45) is 5.16. The van der Waals surface area contributed by atoms with Gasteiger partial charge in [-0.25, -0.2) is 4.39 Å². The highest BCUT2D eigenvalue weighted by Crippen LogP contribution is 2.30. The van der Waals surface area contributed by atoms with E-state index in [9.17, 15) is 9.18 Å². The van der Waals surface area contributed by atoms with Gasteiger partial charge in [-0.3, -0.25) is 4.79 Å². The predicted molar refractivity (Wildman–Crippen MR) is 72.8 cm³/mol. The number of carbonyl (C=O) groups excluding carboxylic acids is 1. The maximum Gasteiger partial charge on any atom is 0.192 e. The monoisotopic (exact) mass is 264 g/mol. The minimum Gasteiger partial charge on any atom is -0.373 e. The zero-order valence-corrected chi connectivity index (χ0v) is 11.6. The minimum atomic E-state index is -0.430. The molecule has 0 aliphatic heterocycles. The maximum atomic E-state index is 13.3. The number of hydrogen-bond acceptors (Lipinski definition) is 2. The van der Waals surface area contributed by atoms with E-state index in [1.807, 2.05) is 6.92 Å². The molecule has 0 saturated heterocycles. The van der Waals surface area contributed by atoms with Gasteiger partial charge in [-0.1, -0.05) is 25.3 Å². The summed E-state index contributed by atoms with van der Waals surface area (Å²) in [5.41, 5.74) is 1.27. The molecule has 1 saturated carbocycles. The van der Waals surface area contributed by atoms with E-state index in [-0.39, 0.29) is 17.5 Å². The molecule has 1 unspecified atom stereocenters. The van der Waals surface area contributed by atoms with Gasteiger partial charge >= 0.3 is 0 Å². The van der Waals surface area contributed by atoms with Crippen LogP contribution in [0.2, 0.25) is 0 Å². The molecule has 0 amide bonds. The summed E-state index contributed by atoms with van der Waals surface area (Å²) in [5.74, 6) is -0.173. The second kappa shape index (κ2) is 6.29. The Balaban J connectivity index is 2.22. The molecule has 0 radical (unpaired) electrons. The summed E-state index contributed by atoms with van der Waals surface area (Å²) in [6, 6.07) is 4.36. The average Bonchev–Trinajstić information content (AvgIpc) is 2.43. The van der Waals surface area contributed by atoms with Crippen molar-refractivity contribution in [1.29, 1.82) is 0 Å². The fourth-order valence-corrected chi connectivity index (χ4v) is 2.96. The van der Waals surface area contributed by atoms with Crippen molar-refractivity contribution in [2.24, 2.45) is 5.92 Å². The molecular weight excluding hydrogens is 243 g/mol. The number of Topliss-reactive ketones (excluding diaryl/α,β-unsaturated/α-hetero) is 1. The topological polar surface area (TPSA) is 26.3 Å². The van der Waals surface area contributed by atoms with Crippen molar-refractivity contribution in [3.05, 3.63) is 35.1 Å². The van der Waals surface area contributed by atoms with Crippen LogP contribution >= 0.6 is 0 Å². The van der Waals surface area contributed by atoms with E-state index in [0.717, 1.165) is 31.2 Å². The Labute approximate surface area is 114 Å². The number of rotatable bonds is 4. The molecule has 1 fully saturated rings. The second-order valence-electron chi connectivity index (χ2n) is 5.38. The number of methoxy groups -OCH3 is 1. The Hall–Kier alpha value is -1.22. The molecular formula is C16H21FO2. The van der Waals surface area contributed by atoms with Crippen LogP contribution in [0.3, 0.4) is 0 Å². The lowest BCUT2D eigenvalue weighted by Crippen LogP contribution is -2.33. The van der Waals surface area contributed by atoms with Crippen LogP contribution < -0.4 is 0 Å². The molecule has 0 bridgehead atoms. The van der Waals surface area contributed by atoms with Gasteiger partial charge in [0.05, 0.1) is 0 Å². The SMILES string of the molecule is COC(C(=O)c1cc(F)ccc1C)C1CCCCC1. The van der Waals surface area contributed by atoms with Gasteiger partial charge < -0.3 is 4.74 Å². The first kappa shape index (κ1) is 14.2. The highest BCUT2D eigenvalue weighted by molar-refractivity contribution is 6.00. The zero-order valence-electron chi connectivity index (χ0n) is 11.6. The van der Waals surface area contributed by atoms with E-state index in [1.165, 1.54) is 18.6 Å².